The van der Waals surface area contributed by atoms with E-state index in [-0.39, 0.29) is 31.1 Å². The summed E-state index contributed by atoms with van der Waals surface area (Å²) in [5.41, 5.74) is 5.31. The topological polar surface area (TPSA) is 232 Å². The van der Waals surface area contributed by atoms with Crippen LogP contribution in [0, 0.1) is 11.8 Å². The Bertz CT molecular complexity index is 1160. The second-order valence-electron chi connectivity index (χ2n) is 13.7. The van der Waals surface area contributed by atoms with Crippen molar-refractivity contribution in [3.8, 4) is 0 Å². The van der Waals surface area contributed by atoms with Crippen LogP contribution in [0.2, 0.25) is 0 Å². The Morgan fingerprint density at radius 2 is 1.49 bits per heavy atom. The molecule has 1 aliphatic rings. The minimum Gasteiger partial charge on any atom is -0.480 e. The molecule has 8 atom stereocenters. The van der Waals surface area contributed by atoms with Gasteiger partial charge in [-0.3, -0.25) is 23.4 Å². The number of allylic oxidation sites excluding steroid dienone is 3. The quantitative estimate of drug-likeness (QED) is 0.0216. The van der Waals surface area contributed by atoms with Crippen molar-refractivity contribution in [3.05, 3.63) is 36.5 Å². The molecule has 53 heavy (non-hydrogen) atoms. The van der Waals surface area contributed by atoms with Crippen LogP contribution in [0.3, 0.4) is 0 Å². The number of carbonyl (C=O) groups excluding carboxylic acids is 2. The molecule has 1 aliphatic carbocycles. The molecule has 0 aromatic rings. The number of carbonyl (C=O) groups is 3. The molecule has 0 aromatic heterocycles. The number of aliphatic hydroxyl groups excluding tert-OH is 3. The fourth-order valence-electron chi connectivity index (χ4n) is 5.78. The minimum absolute atomic E-state index is 0.0839. The van der Waals surface area contributed by atoms with Gasteiger partial charge in [-0.1, -0.05) is 102 Å². The van der Waals surface area contributed by atoms with Gasteiger partial charge in [-0.05, 0) is 44.4 Å². The number of esters is 2. The number of phosphoric acid groups is 1. The highest BCUT2D eigenvalue weighted by atomic mass is 31.2. The maximum Gasteiger partial charge on any atom is 0.472 e. The summed E-state index contributed by atoms with van der Waals surface area (Å²) in [6.07, 6.45) is 20.8. The van der Waals surface area contributed by atoms with Crippen molar-refractivity contribution in [2.45, 2.75) is 153 Å². The third-order valence-electron chi connectivity index (χ3n) is 8.96. The first-order valence-corrected chi connectivity index (χ1v) is 20.8. The SMILES string of the molecule is CCCC/C=C\CCCCCCCC(=O)O[C@H](COC(=O)C/C=C\C[C@H]1[C@@H](/C=C/[C@H](O)CCCCC)[C@H](O)C[C@@H]1O)COP(=O)(O)OC[C@H](N)C(=O)O. The van der Waals surface area contributed by atoms with Crippen LogP contribution in [-0.2, 0) is 37.5 Å². The molecule has 1 unspecified atom stereocenters. The van der Waals surface area contributed by atoms with Gasteiger partial charge in [0.05, 0.1) is 37.9 Å². The van der Waals surface area contributed by atoms with Crippen molar-refractivity contribution in [2.75, 3.05) is 19.8 Å². The molecule has 0 saturated heterocycles. The Balaban J connectivity index is 2.64. The van der Waals surface area contributed by atoms with Crippen LogP contribution in [0.5, 0.6) is 0 Å². The number of carboxylic acid groups (broad SMARTS) is 1. The van der Waals surface area contributed by atoms with Crippen molar-refractivity contribution in [2.24, 2.45) is 17.6 Å². The number of carboxylic acids is 1. The lowest BCUT2D eigenvalue weighted by atomic mass is 9.89. The van der Waals surface area contributed by atoms with Crippen LogP contribution >= 0.6 is 7.82 Å². The van der Waals surface area contributed by atoms with Gasteiger partial charge in [0.25, 0.3) is 0 Å². The molecule has 0 spiro atoms. The number of aliphatic hydroxyl groups is 3. The van der Waals surface area contributed by atoms with E-state index in [0.717, 1.165) is 57.8 Å². The number of aliphatic carboxylic acids is 1. The monoisotopic (exact) mass is 775 g/mol. The Hall–Kier alpha value is -2.42. The lowest BCUT2D eigenvalue weighted by Crippen LogP contribution is -2.34. The number of phosphoric ester groups is 1. The zero-order valence-electron chi connectivity index (χ0n) is 31.7. The number of hydrogen-bond donors (Lipinski definition) is 6. The maximum absolute atomic E-state index is 12.6. The predicted octanol–water partition coefficient (Wildman–Crippen LogP) is 5.66. The average molecular weight is 776 g/mol. The smallest absolute Gasteiger partial charge is 0.472 e. The van der Waals surface area contributed by atoms with E-state index in [9.17, 15) is 39.2 Å². The third kappa shape index (κ3) is 23.9. The van der Waals surface area contributed by atoms with Crippen LogP contribution < -0.4 is 5.73 Å². The second-order valence-corrected chi connectivity index (χ2v) is 15.1. The van der Waals surface area contributed by atoms with Gasteiger partial charge in [-0.25, -0.2) is 4.57 Å². The molecular weight excluding hydrogens is 709 g/mol. The van der Waals surface area contributed by atoms with Crippen molar-refractivity contribution >= 4 is 25.7 Å². The first-order chi connectivity index (χ1) is 25.3. The average Bonchev–Trinajstić information content (AvgIpc) is 3.38. The van der Waals surface area contributed by atoms with E-state index in [1.54, 1.807) is 24.3 Å². The first-order valence-electron chi connectivity index (χ1n) is 19.3. The number of hydrogen-bond acceptors (Lipinski definition) is 12. The summed E-state index contributed by atoms with van der Waals surface area (Å²) in [4.78, 5) is 46.0. The Kier molecular flexibility index (Phi) is 26.5. The summed E-state index contributed by atoms with van der Waals surface area (Å²) in [6, 6.07) is -1.57. The Morgan fingerprint density at radius 3 is 2.19 bits per heavy atom. The van der Waals surface area contributed by atoms with Crippen molar-refractivity contribution in [1.29, 1.82) is 0 Å². The van der Waals surface area contributed by atoms with E-state index in [0.29, 0.717) is 19.3 Å². The van der Waals surface area contributed by atoms with Gasteiger partial charge in [-0.2, -0.15) is 0 Å². The zero-order valence-corrected chi connectivity index (χ0v) is 32.6. The third-order valence-corrected chi connectivity index (χ3v) is 9.91. The Labute approximate surface area is 315 Å². The summed E-state index contributed by atoms with van der Waals surface area (Å²) in [7, 11) is -4.79. The molecule has 7 N–H and O–H groups in total. The number of rotatable bonds is 31. The number of unbranched alkanes of at least 4 members (excludes halogenated alkanes) is 9. The van der Waals surface area contributed by atoms with Crippen molar-refractivity contribution < 1.29 is 62.8 Å². The highest BCUT2D eigenvalue weighted by Crippen LogP contribution is 2.43. The van der Waals surface area contributed by atoms with Gasteiger partial charge in [0.15, 0.2) is 6.10 Å². The van der Waals surface area contributed by atoms with Gasteiger partial charge < -0.3 is 40.5 Å². The summed E-state index contributed by atoms with van der Waals surface area (Å²) in [6.45, 7) is 2.28. The fourth-order valence-corrected chi connectivity index (χ4v) is 6.56. The largest absolute Gasteiger partial charge is 0.480 e. The second kappa shape index (κ2) is 28.9. The van der Waals surface area contributed by atoms with E-state index >= 15 is 0 Å². The lowest BCUT2D eigenvalue weighted by Gasteiger charge is -2.20. The zero-order chi connectivity index (χ0) is 39.5. The van der Waals surface area contributed by atoms with Crippen molar-refractivity contribution in [1.82, 2.24) is 0 Å². The van der Waals surface area contributed by atoms with Crippen LogP contribution in [0.25, 0.3) is 0 Å². The summed E-state index contributed by atoms with van der Waals surface area (Å²) < 4.78 is 32.5. The van der Waals surface area contributed by atoms with Crippen LogP contribution in [-0.4, -0.2) is 93.5 Å². The van der Waals surface area contributed by atoms with Gasteiger partial charge in [0.1, 0.15) is 12.6 Å². The molecule has 0 bridgehead atoms. The van der Waals surface area contributed by atoms with Gasteiger partial charge in [0.2, 0.25) is 0 Å². The Morgan fingerprint density at radius 1 is 0.830 bits per heavy atom. The van der Waals surface area contributed by atoms with E-state index in [4.69, 9.17) is 24.8 Å². The first kappa shape index (κ1) is 48.6. The molecule has 0 heterocycles. The van der Waals surface area contributed by atoms with Crippen LogP contribution in [0.4, 0.5) is 0 Å². The van der Waals surface area contributed by atoms with E-state index in [2.05, 4.69) is 30.5 Å². The van der Waals surface area contributed by atoms with Gasteiger partial charge in [0, 0.05) is 18.8 Å². The molecule has 15 heteroatoms. The van der Waals surface area contributed by atoms with Gasteiger partial charge in [-0.15, -0.1) is 0 Å². The van der Waals surface area contributed by atoms with E-state index in [1.165, 1.54) is 12.8 Å². The number of nitrogens with two attached hydrogens (primary N) is 1. The lowest BCUT2D eigenvalue weighted by molar-refractivity contribution is -0.160. The molecule has 1 rings (SSSR count). The predicted molar refractivity (Wildman–Crippen MR) is 200 cm³/mol. The molecule has 1 saturated carbocycles. The normalized spacial score (nSPS) is 21.9. The summed E-state index contributed by atoms with van der Waals surface area (Å²) in [5, 5.41) is 40.1. The van der Waals surface area contributed by atoms with E-state index in [1.807, 2.05) is 0 Å². The van der Waals surface area contributed by atoms with E-state index < -0.39 is 76.0 Å². The summed E-state index contributed by atoms with van der Waals surface area (Å²) >= 11 is 0. The molecule has 14 nitrogen and oxygen atoms in total. The molecule has 0 aromatic carbocycles. The molecular formula is C38H66NO13P. The van der Waals surface area contributed by atoms with Crippen LogP contribution in [0.1, 0.15) is 123 Å². The molecule has 0 amide bonds. The highest BCUT2D eigenvalue weighted by molar-refractivity contribution is 7.47. The van der Waals surface area contributed by atoms with Crippen molar-refractivity contribution in [3.63, 3.8) is 0 Å². The minimum atomic E-state index is -4.79. The molecule has 306 valence electrons. The van der Waals surface area contributed by atoms with Crippen LogP contribution in [0.15, 0.2) is 36.5 Å². The maximum atomic E-state index is 12.6. The number of ether oxygens (including phenoxy) is 2. The molecule has 0 radical (unpaired) electrons. The summed E-state index contributed by atoms with van der Waals surface area (Å²) in [5.74, 6) is -3.40. The fraction of sp³-hybridized carbons (Fsp3) is 0.763. The highest BCUT2D eigenvalue weighted by Gasteiger charge is 2.39. The standard InChI is InChI=1S/C38H66NO13P/c1-3-5-7-8-9-10-11-12-13-14-16-22-37(44)52-30(27-50-53(47,48)51-28-33(39)38(45)46)26-49-36(43)21-18-17-20-31-32(35(42)25-34(31)41)24-23-29(40)19-15-6-4-2/h8-9,17-18,23-24,29-35,40-42H,3-7,10-16,19-22,25-28,39H2,1-2H3,(H,45,46)(H,47,48)/b9-8-,18-17-,24-23+/t29-,30-,31+,32-,33+,34+,35-/m1/s1. The molecule has 0 aliphatic heterocycles. The van der Waals surface area contributed by atoms with Gasteiger partial charge >= 0.3 is 25.7 Å². The molecule has 1 fully saturated rings.